The number of anilines is 1. The Balaban J connectivity index is 1.71. The van der Waals surface area contributed by atoms with Gasteiger partial charge in [-0.1, -0.05) is 45.7 Å². The summed E-state index contributed by atoms with van der Waals surface area (Å²) in [7, 11) is 0. The Labute approximate surface area is 161 Å². The summed E-state index contributed by atoms with van der Waals surface area (Å²) in [6, 6.07) is 11.3. The number of carbonyl (C=O) groups is 2. The highest BCUT2D eigenvalue weighted by atomic mass is 79.9. The molecule has 0 fully saturated rings. The van der Waals surface area contributed by atoms with Crippen molar-refractivity contribution in [2.24, 2.45) is 0 Å². The summed E-state index contributed by atoms with van der Waals surface area (Å²) in [5.41, 5.74) is 0.727. The number of para-hydroxylation sites is 1. The molecule has 0 saturated carbocycles. The molecule has 0 spiro atoms. The van der Waals surface area contributed by atoms with E-state index in [-0.39, 0.29) is 16.4 Å². The molecule has 0 saturated heterocycles. The van der Waals surface area contributed by atoms with Crippen LogP contribution in [0.1, 0.15) is 17.4 Å². The van der Waals surface area contributed by atoms with Crippen molar-refractivity contribution in [3.05, 3.63) is 63.5 Å². The smallest absolute Gasteiger partial charge is 0.357 e. The number of H-pyrrole nitrogens is 1. The lowest BCUT2D eigenvalue weighted by Gasteiger charge is -2.13. The monoisotopic (exact) mass is 438 g/mol. The molecule has 1 amide bonds. The predicted octanol–water partition coefficient (Wildman–Crippen LogP) is 4.91. The number of aromatic amines is 1. The second-order valence-corrected chi connectivity index (χ2v) is 6.81. The fourth-order valence-corrected chi connectivity index (χ4v) is 2.97. The molecule has 0 bridgehead atoms. The van der Waals surface area contributed by atoms with E-state index in [4.69, 9.17) is 16.3 Å². The molecule has 3 rings (SSSR count). The van der Waals surface area contributed by atoms with Gasteiger partial charge in [-0.05, 0) is 31.2 Å². The highest BCUT2D eigenvalue weighted by Crippen LogP contribution is 2.28. The minimum Gasteiger partial charge on any atom is -0.448 e. The largest absolute Gasteiger partial charge is 0.448 e. The quantitative estimate of drug-likeness (QED) is 0.568. The molecule has 8 heteroatoms. The number of esters is 1. The van der Waals surface area contributed by atoms with E-state index in [1.54, 1.807) is 30.3 Å². The summed E-state index contributed by atoms with van der Waals surface area (Å²) >= 11 is 9.33. The van der Waals surface area contributed by atoms with Gasteiger partial charge in [0.05, 0.1) is 10.7 Å². The van der Waals surface area contributed by atoms with E-state index in [9.17, 15) is 14.0 Å². The summed E-state index contributed by atoms with van der Waals surface area (Å²) in [6.07, 6.45) is -1.15. The number of hydrogen-bond donors (Lipinski definition) is 2. The van der Waals surface area contributed by atoms with Gasteiger partial charge in [-0.25, -0.2) is 9.18 Å². The average Bonchev–Trinajstić information content (AvgIpc) is 2.94. The van der Waals surface area contributed by atoms with Gasteiger partial charge in [0.2, 0.25) is 0 Å². The molecule has 26 heavy (non-hydrogen) atoms. The Morgan fingerprint density at radius 2 is 2.00 bits per heavy atom. The van der Waals surface area contributed by atoms with Crippen LogP contribution in [0.25, 0.3) is 10.9 Å². The first kappa shape index (κ1) is 18.4. The zero-order chi connectivity index (χ0) is 18.8. The Morgan fingerprint density at radius 3 is 2.69 bits per heavy atom. The minimum atomic E-state index is -1.15. The molecule has 0 aliphatic carbocycles. The third-order valence-corrected chi connectivity index (χ3v) is 4.57. The number of fused-ring (bicyclic) bond motifs is 1. The Bertz CT molecular complexity index is 1010. The van der Waals surface area contributed by atoms with Crippen LogP contribution in [0.2, 0.25) is 5.02 Å². The number of halogens is 3. The lowest BCUT2D eigenvalue weighted by atomic mass is 10.2. The first-order chi connectivity index (χ1) is 12.4. The number of amides is 1. The standard InChI is InChI=1S/C18H13BrClFN2O3/c1-9(17(24)23-14-7-6-10(19)8-12(14)21)26-18(25)16-15(20)11-4-2-3-5-13(11)22-16/h2-9,22H,1H3,(H,23,24). The van der Waals surface area contributed by atoms with Gasteiger partial charge in [0, 0.05) is 15.4 Å². The number of carbonyl (C=O) groups excluding carboxylic acids is 2. The number of rotatable bonds is 4. The summed E-state index contributed by atoms with van der Waals surface area (Å²) in [5.74, 6) is -2.04. The van der Waals surface area contributed by atoms with Crippen molar-refractivity contribution < 1.29 is 18.7 Å². The number of aromatic nitrogens is 1. The lowest BCUT2D eigenvalue weighted by Crippen LogP contribution is -2.30. The Hall–Kier alpha value is -2.38. The summed E-state index contributed by atoms with van der Waals surface area (Å²) in [4.78, 5) is 27.3. The maximum atomic E-state index is 13.8. The van der Waals surface area contributed by atoms with E-state index < -0.39 is 23.8 Å². The second kappa shape index (κ2) is 7.47. The zero-order valence-corrected chi connectivity index (χ0v) is 15.8. The molecule has 2 aromatic carbocycles. The Kier molecular flexibility index (Phi) is 5.29. The van der Waals surface area contributed by atoms with Crippen LogP contribution in [0.5, 0.6) is 0 Å². The van der Waals surface area contributed by atoms with Crippen LogP contribution >= 0.6 is 27.5 Å². The highest BCUT2D eigenvalue weighted by molar-refractivity contribution is 9.10. The van der Waals surface area contributed by atoms with Crippen LogP contribution in [-0.4, -0.2) is 23.0 Å². The van der Waals surface area contributed by atoms with Gasteiger partial charge in [0.15, 0.2) is 6.10 Å². The number of ether oxygens (including phenoxy) is 1. The molecule has 1 aromatic heterocycles. The number of nitrogens with one attached hydrogen (secondary N) is 2. The molecule has 1 unspecified atom stereocenters. The van der Waals surface area contributed by atoms with Gasteiger partial charge in [-0.2, -0.15) is 0 Å². The molecule has 0 aliphatic rings. The first-order valence-electron chi connectivity index (χ1n) is 7.60. The third kappa shape index (κ3) is 3.73. The SMILES string of the molecule is CC(OC(=O)c1[nH]c2ccccc2c1Cl)C(=O)Nc1ccc(Br)cc1F. The van der Waals surface area contributed by atoms with Crippen LogP contribution in [-0.2, 0) is 9.53 Å². The van der Waals surface area contributed by atoms with Gasteiger partial charge in [-0.3, -0.25) is 4.79 Å². The molecular formula is C18H13BrClFN2O3. The predicted molar refractivity (Wildman–Crippen MR) is 101 cm³/mol. The number of hydrogen-bond acceptors (Lipinski definition) is 3. The molecule has 0 aliphatic heterocycles. The topological polar surface area (TPSA) is 71.2 Å². The normalized spacial score (nSPS) is 12.0. The van der Waals surface area contributed by atoms with Crippen LogP contribution in [0.15, 0.2) is 46.9 Å². The van der Waals surface area contributed by atoms with Gasteiger partial charge >= 0.3 is 5.97 Å². The Morgan fingerprint density at radius 1 is 1.27 bits per heavy atom. The molecule has 1 atom stereocenters. The van der Waals surface area contributed by atoms with E-state index in [0.29, 0.717) is 15.4 Å². The second-order valence-electron chi connectivity index (χ2n) is 5.52. The van der Waals surface area contributed by atoms with Gasteiger partial charge < -0.3 is 15.0 Å². The lowest BCUT2D eigenvalue weighted by molar-refractivity contribution is -0.123. The fourth-order valence-electron chi connectivity index (χ4n) is 2.35. The average molecular weight is 440 g/mol. The van der Waals surface area contributed by atoms with E-state index in [0.717, 1.165) is 0 Å². The summed E-state index contributed by atoms with van der Waals surface area (Å²) < 4.78 is 19.5. The highest BCUT2D eigenvalue weighted by Gasteiger charge is 2.23. The van der Waals surface area contributed by atoms with Crippen LogP contribution < -0.4 is 5.32 Å². The van der Waals surface area contributed by atoms with Crippen molar-refractivity contribution in [3.63, 3.8) is 0 Å². The minimum absolute atomic E-state index is 0.00950. The van der Waals surface area contributed by atoms with Gasteiger partial charge in [0.25, 0.3) is 5.91 Å². The third-order valence-electron chi connectivity index (χ3n) is 3.69. The van der Waals surface area contributed by atoms with E-state index in [2.05, 4.69) is 26.2 Å². The molecule has 3 aromatic rings. The maximum absolute atomic E-state index is 13.8. The van der Waals surface area contributed by atoms with Gasteiger partial charge in [-0.15, -0.1) is 0 Å². The fraction of sp³-hybridized carbons (Fsp3) is 0.111. The van der Waals surface area contributed by atoms with E-state index in [1.807, 2.05) is 0 Å². The van der Waals surface area contributed by atoms with Crippen molar-refractivity contribution in [2.45, 2.75) is 13.0 Å². The van der Waals surface area contributed by atoms with E-state index >= 15 is 0 Å². The van der Waals surface area contributed by atoms with Crippen LogP contribution in [0.3, 0.4) is 0 Å². The first-order valence-corrected chi connectivity index (χ1v) is 8.77. The molecule has 5 nitrogen and oxygen atoms in total. The molecular weight excluding hydrogens is 427 g/mol. The summed E-state index contributed by atoms with van der Waals surface area (Å²) in [6.45, 7) is 1.39. The van der Waals surface area contributed by atoms with Crippen LogP contribution in [0, 0.1) is 5.82 Å². The van der Waals surface area contributed by atoms with Crippen molar-refractivity contribution in [3.8, 4) is 0 Å². The van der Waals surface area contributed by atoms with Crippen molar-refractivity contribution in [1.29, 1.82) is 0 Å². The van der Waals surface area contributed by atoms with Crippen LogP contribution in [0.4, 0.5) is 10.1 Å². The molecule has 2 N–H and O–H groups in total. The van der Waals surface area contributed by atoms with Gasteiger partial charge in [0.1, 0.15) is 11.5 Å². The zero-order valence-electron chi connectivity index (χ0n) is 13.5. The van der Waals surface area contributed by atoms with Crippen molar-refractivity contribution in [2.75, 3.05) is 5.32 Å². The molecule has 134 valence electrons. The van der Waals surface area contributed by atoms with Crippen molar-refractivity contribution >= 4 is 56.0 Å². The molecule has 0 radical (unpaired) electrons. The van der Waals surface area contributed by atoms with E-state index in [1.165, 1.54) is 19.1 Å². The number of benzene rings is 2. The maximum Gasteiger partial charge on any atom is 0.357 e. The summed E-state index contributed by atoms with van der Waals surface area (Å²) in [5, 5.41) is 3.28. The molecule has 1 heterocycles. The van der Waals surface area contributed by atoms with Crippen molar-refractivity contribution in [1.82, 2.24) is 4.98 Å².